The first kappa shape index (κ1) is 48.7. The van der Waals surface area contributed by atoms with Crippen LogP contribution in [0.1, 0.15) is 151 Å². The van der Waals surface area contributed by atoms with E-state index >= 15 is 0 Å². The zero-order valence-corrected chi connectivity index (χ0v) is 39.2. The Labute approximate surface area is 381 Å². The number of hydrogen-bond acceptors (Lipinski definition) is 3. The third-order valence-corrected chi connectivity index (χ3v) is 14.0. The summed E-state index contributed by atoms with van der Waals surface area (Å²) < 4.78 is 0. The third-order valence-electron chi connectivity index (χ3n) is 14.0. The fourth-order valence-electron chi connectivity index (χ4n) is 11.0. The summed E-state index contributed by atoms with van der Waals surface area (Å²) in [6.45, 7) is 22.7. The van der Waals surface area contributed by atoms with Crippen LogP contribution in [-0.2, 0) is 16.2 Å². The molecule has 2 fully saturated rings. The van der Waals surface area contributed by atoms with Crippen molar-refractivity contribution in [3.8, 4) is 17.2 Å². The van der Waals surface area contributed by atoms with Gasteiger partial charge in [0.05, 0.1) is 0 Å². The summed E-state index contributed by atoms with van der Waals surface area (Å²) in [5.41, 5.74) is 12.6. The van der Waals surface area contributed by atoms with Crippen molar-refractivity contribution in [3.05, 3.63) is 196 Å². The number of aromatic hydroxyl groups is 3. The zero-order chi connectivity index (χ0) is 44.9. The molecule has 2 saturated carbocycles. The molecule has 0 radical (unpaired) electrons. The molecule has 2 aliphatic rings. The number of hydrogen-bond donors (Lipinski definition) is 3. The van der Waals surface area contributed by atoms with Gasteiger partial charge in [0.15, 0.2) is 0 Å². The van der Waals surface area contributed by atoms with Gasteiger partial charge in [0.2, 0.25) is 0 Å². The summed E-state index contributed by atoms with van der Waals surface area (Å²) in [6, 6.07) is 49.9. The van der Waals surface area contributed by atoms with E-state index in [0.717, 1.165) is 12.8 Å². The predicted octanol–water partition coefficient (Wildman–Crippen LogP) is 16.1. The maximum Gasteiger partial charge on any atom is 0.115 e. The van der Waals surface area contributed by atoms with Gasteiger partial charge >= 0.3 is 0 Å². The van der Waals surface area contributed by atoms with Crippen LogP contribution >= 0.6 is 0 Å². The maximum absolute atomic E-state index is 9.70. The molecule has 0 aromatic heterocycles. The van der Waals surface area contributed by atoms with Crippen LogP contribution in [0.3, 0.4) is 0 Å². The fourth-order valence-corrected chi connectivity index (χ4v) is 11.0. The second-order valence-corrected chi connectivity index (χ2v) is 21.1. The van der Waals surface area contributed by atoms with Crippen molar-refractivity contribution in [2.24, 2.45) is 16.7 Å². The van der Waals surface area contributed by atoms with Crippen LogP contribution in [0.5, 0.6) is 17.2 Å². The summed E-state index contributed by atoms with van der Waals surface area (Å²) in [7, 11) is 0. The molecule has 0 amide bonds. The van der Waals surface area contributed by atoms with Crippen LogP contribution in [0.2, 0.25) is 0 Å². The number of benzene rings is 6. The highest BCUT2D eigenvalue weighted by Crippen LogP contribution is 2.54. The Balaban J connectivity index is 0.000000179. The van der Waals surface area contributed by atoms with Crippen molar-refractivity contribution in [2.75, 3.05) is 0 Å². The molecule has 0 spiro atoms. The van der Waals surface area contributed by atoms with Gasteiger partial charge in [-0.3, -0.25) is 0 Å². The molecular formula is C60H76O3. The minimum absolute atomic E-state index is 0. The van der Waals surface area contributed by atoms with Crippen LogP contribution in [0.4, 0.5) is 0 Å². The normalized spacial score (nSPS) is 21.3. The molecule has 334 valence electrons. The number of phenolic OH excluding ortho intramolecular Hbond substituents is 3. The Kier molecular flexibility index (Phi) is 15.2. The van der Waals surface area contributed by atoms with Gasteiger partial charge in [-0.2, -0.15) is 0 Å². The van der Waals surface area contributed by atoms with E-state index < -0.39 is 0 Å². The van der Waals surface area contributed by atoms with E-state index in [1.54, 1.807) is 12.1 Å². The molecule has 6 aromatic carbocycles. The second-order valence-electron chi connectivity index (χ2n) is 21.1. The first-order valence-corrected chi connectivity index (χ1v) is 22.8. The number of phenols is 3. The summed E-state index contributed by atoms with van der Waals surface area (Å²) >= 11 is 0. The van der Waals surface area contributed by atoms with Gasteiger partial charge in [0.1, 0.15) is 17.2 Å². The monoisotopic (exact) mass is 845 g/mol. The molecule has 3 atom stereocenters. The lowest BCUT2D eigenvalue weighted by molar-refractivity contribution is 0.127. The van der Waals surface area contributed by atoms with Crippen molar-refractivity contribution in [1.82, 2.24) is 0 Å². The van der Waals surface area contributed by atoms with E-state index in [0.29, 0.717) is 34.0 Å². The summed E-state index contributed by atoms with van der Waals surface area (Å²) in [5.74, 6) is 1.69. The summed E-state index contributed by atoms with van der Waals surface area (Å²) in [5, 5.41) is 28.7. The molecule has 3 heteroatoms. The van der Waals surface area contributed by atoms with Crippen molar-refractivity contribution < 1.29 is 15.3 Å². The maximum atomic E-state index is 9.70. The highest BCUT2D eigenvalue weighted by molar-refractivity contribution is 5.45. The van der Waals surface area contributed by atoms with Crippen molar-refractivity contribution >= 4 is 0 Å². The second kappa shape index (κ2) is 19.6. The average Bonchev–Trinajstić information content (AvgIpc) is 3.21. The molecule has 3 nitrogen and oxygen atoms in total. The number of rotatable bonds is 6. The Morgan fingerprint density at radius 2 is 0.746 bits per heavy atom. The molecule has 3 N–H and O–H groups in total. The highest BCUT2D eigenvalue weighted by Gasteiger charge is 2.45. The van der Waals surface area contributed by atoms with E-state index in [2.05, 4.69) is 166 Å². The van der Waals surface area contributed by atoms with Crippen molar-refractivity contribution in [3.63, 3.8) is 0 Å². The van der Waals surface area contributed by atoms with E-state index in [-0.39, 0.29) is 23.7 Å². The van der Waals surface area contributed by atoms with Gasteiger partial charge in [-0.1, -0.05) is 188 Å². The molecule has 0 heterocycles. The molecule has 0 saturated heterocycles. The van der Waals surface area contributed by atoms with Gasteiger partial charge in [-0.05, 0) is 146 Å². The van der Waals surface area contributed by atoms with Gasteiger partial charge in [-0.15, -0.1) is 0 Å². The molecule has 0 bridgehead atoms. The zero-order valence-electron chi connectivity index (χ0n) is 39.2. The van der Waals surface area contributed by atoms with Gasteiger partial charge in [-0.25, -0.2) is 0 Å². The highest BCUT2D eigenvalue weighted by atomic mass is 16.3. The summed E-state index contributed by atoms with van der Waals surface area (Å²) in [6.07, 6.45) is 8.49. The molecule has 2 aliphatic carbocycles. The average molecular weight is 845 g/mol. The van der Waals surface area contributed by atoms with Crippen LogP contribution in [0.15, 0.2) is 146 Å². The Hall–Kier alpha value is -5.28. The van der Waals surface area contributed by atoms with Crippen LogP contribution < -0.4 is 0 Å². The molecule has 8 rings (SSSR count). The lowest BCUT2D eigenvalue weighted by Gasteiger charge is -2.48. The van der Waals surface area contributed by atoms with E-state index in [1.165, 1.54) is 82.2 Å². The van der Waals surface area contributed by atoms with Gasteiger partial charge < -0.3 is 15.3 Å². The Bertz CT molecular complexity index is 2190. The van der Waals surface area contributed by atoms with E-state index in [4.69, 9.17) is 0 Å². The first-order valence-electron chi connectivity index (χ1n) is 22.8. The van der Waals surface area contributed by atoms with Gasteiger partial charge in [0, 0.05) is 16.2 Å². The Morgan fingerprint density at radius 1 is 0.429 bits per heavy atom. The standard InChI is InChI=1S/C22H28O.C21H26O.C16H18O.CH4/c1-16-5-7-18(8-6-16)22(19-9-11-20(23)12-10-19)14-17(2)13-21(3,4)15-22;1-16-5-7-17(8-6-16)21(14-4-13-20(2,3)15-21)18-9-11-19(22)12-10-18;1-12-4-6-13(7-5-12)16(2,3)14-8-10-15(17)11-9-14;/h5-12,17,23H,13-15H2,1-4H3;5-12,22H,4,13-15H2,1-3H3;4-11,17H,1-3H3;1H4. The lowest BCUT2D eigenvalue weighted by atomic mass is 9.55. The molecule has 0 aliphatic heterocycles. The fraction of sp³-hybridized carbons (Fsp3) is 0.400. The first-order chi connectivity index (χ1) is 29.2. The predicted molar refractivity (Wildman–Crippen MR) is 267 cm³/mol. The number of aryl methyl sites for hydroxylation is 3. The Morgan fingerprint density at radius 3 is 1.13 bits per heavy atom. The largest absolute Gasteiger partial charge is 0.508 e. The summed E-state index contributed by atoms with van der Waals surface area (Å²) in [4.78, 5) is 0. The quantitative estimate of drug-likeness (QED) is 0.157. The van der Waals surface area contributed by atoms with Crippen LogP contribution in [-0.4, -0.2) is 15.3 Å². The van der Waals surface area contributed by atoms with E-state index in [1.807, 2.05) is 36.4 Å². The molecule has 6 aromatic rings. The van der Waals surface area contributed by atoms with Crippen molar-refractivity contribution in [2.45, 2.75) is 138 Å². The van der Waals surface area contributed by atoms with Crippen molar-refractivity contribution in [1.29, 1.82) is 0 Å². The molecular weight excluding hydrogens is 769 g/mol. The smallest absolute Gasteiger partial charge is 0.115 e. The topological polar surface area (TPSA) is 60.7 Å². The lowest BCUT2D eigenvalue weighted by Crippen LogP contribution is -2.41. The van der Waals surface area contributed by atoms with E-state index in [9.17, 15) is 15.3 Å². The minimum Gasteiger partial charge on any atom is -0.508 e. The van der Waals surface area contributed by atoms with Gasteiger partial charge in [0.25, 0.3) is 0 Å². The van der Waals surface area contributed by atoms with Crippen LogP contribution in [0.25, 0.3) is 0 Å². The third kappa shape index (κ3) is 11.7. The molecule has 63 heavy (non-hydrogen) atoms. The SMILES string of the molecule is C.Cc1ccc(C(C)(C)c2ccc(O)cc2)cc1.Cc1ccc(C2(c3ccc(O)cc3)CC(C)CC(C)(C)C2)cc1.Cc1ccc(C2(c3ccc(O)cc3)CCCC(C)(C)C2)cc1. The van der Waals surface area contributed by atoms with Crippen LogP contribution in [0, 0.1) is 37.5 Å². The minimum atomic E-state index is -0.0403. The molecule has 3 unspecified atom stereocenters.